The van der Waals surface area contributed by atoms with E-state index in [1.165, 1.54) is 14.0 Å². The van der Waals surface area contributed by atoms with E-state index in [1.807, 2.05) is 20.9 Å². The van der Waals surface area contributed by atoms with Crippen LogP contribution in [0.25, 0.3) is 0 Å². The van der Waals surface area contributed by atoms with Crippen molar-refractivity contribution in [3.05, 3.63) is 11.6 Å². The number of hydrogen-bond donors (Lipinski definition) is 2. The summed E-state index contributed by atoms with van der Waals surface area (Å²) in [5.41, 5.74) is 0.709. The second-order valence-electron chi connectivity index (χ2n) is 13.9. The summed E-state index contributed by atoms with van der Waals surface area (Å²) >= 11 is 0. The van der Waals surface area contributed by atoms with Gasteiger partial charge >= 0.3 is 11.9 Å². The number of methoxy groups -OCH3 is 2. The maximum atomic E-state index is 14.3. The van der Waals surface area contributed by atoms with E-state index >= 15 is 0 Å². The smallest absolute Gasteiger partial charge is 0.306 e. The molecule has 3 saturated carbocycles. The molecular weight excluding hydrogens is 566 g/mol. The molecule has 44 heavy (non-hydrogen) atoms. The summed E-state index contributed by atoms with van der Waals surface area (Å²) in [6, 6.07) is 0.313. The van der Waals surface area contributed by atoms with Gasteiger partial charge in [0.15, 0.2) is 12.1 Å². The SMILES string of the molecule is CC[C@H]1CCC[C@H](OC(C)=O)[C@@H](C)C(=O)C2=CC3[C@@H]4C[C@H](OC(O)[C@H](COC)OC)CC4[C@@H]4CC(NC)[C@@H]4[C@H]3[C@@H]2CC(=O)O1. The van der Waals surface area contributed by atoms with Gasteiger partial charge in [-0.15, -0.1) is 0 Å². The molecule has 0 spiro atoms. The second kappa shape index (κ2) is 14.3. The van der Waals surface area contributed by atoms with Gasteiger partial charge in [-0.3, -0.25) is 14.4 Å². The second-order valence-corrected chi connectivity index (χ2v) is 13.9. The molecule has 14 atom stereocenters. The molecule has 5 aliphatic rings. The first-order chi connectivity index (χ1) is 21.1. The van der Waals surface area contributed by atoms with Crippen LogP contribution in [0.1, 0.15) is 72.1 Å². The standard InChI is InChI=1S/C34H53NO9/c1-7-19-9-8-10-28(42-18(3)36)17(2)33(38)26-13-23-21-11-20(44-34(39)29(41-6)16-40-5)12-22(21)24-14-27(35-4)32(24)31(23)25(26)15-30(37)43-19/h13,17,19-25,27-29,31-32,34-35,39H,7-12,14-16H2,1-6H3/t17-,19+,20+,21-,22?,23?,24+,25-,27?,28+,29+,31-,32-,34?/m1/s1. The highest BCUT2D eigenvalue weighted by Crippen LogP contribution is 2.65. The van der Waals surface area contributed by atoms with Gasteiger partial charge in [-0.05, 0) is 93.1 Å². The lowest BCUT2D eigenvalue weighted by atomic mass is 9.47. The zero-order valence-corrected chi connectivity index (χ0v) is 27.2. The van der Waals surface area contributed by atoms with Crippen molar-refractivity contribution < 1.29 is 43.2 Å². The Labute approximate surface area is 261 Å². The number of Topliss-reactive ketones (excluding diaryl/α,β-unsaturated/α-hetero) is 1. The lowest BCUT2D eigenvalue weighted by Crippen LogP contribution is -2.61. The van der Waals surface area contributed by atoms with Crippen molar-refractivity contribution in [2.24, 2.45) is 47.3 Å². The van der Waals surface area contributed by atoms with Crippen molar-refractivity contribution in [3.63, 3.8) is 0 Å². The van der Waals surface area contributed by atoms with Gasteiger partial charge in [0.1, 0.15) is 18.3 Å². The molecule has 248 valence electrons. The molecule has 0 radical (unpaired) electrons. The molecule has 0 aromatic carbocycles. The Bertz CT molecular complexity index is 1080. The van der Waals surface area contributed by atoms with Crippen molar-refractivity contribution in [2.75, 3.05) is 27.9 Å². The van der Waals surface area contributed by atoms with Crippen molar-refractivity contribution in [2.45, 2.75) is 109 Å². The Balaban J connectivity index is 1.46. The molecule has 1 aliphatic heterocycles. The van der Waals surface area contributed by atoms with Gasteiger partial charge in [-0.1, -0.05) is 19.9 Å². The number of fused-ring (bicyclic) bond motifs is 8. The number of nitrogens with one attached hydrogen (secondary N) is 1. The molecule has 10 heteroatoms. The first-order valence-corrected chi connectivity index (χ1v) is 16.8. The van der Waals surface area contributed by atoms with E-state index in [-0.39, 0.29) is 66.6 Å². The highest BCUT2D eigenvalue weighted by Gasteiger charge is 2.64. The Morgan fingerprint density at radius 2 is 1.86 bits per heavy atom. The number of carbonyl (C=O) groups excluding carboxylic acids is 3. The van der Waals surface area contributed by atoms with Crippen LogP contribution in [0.2, 0.25) is 0 Å². The summed E-state index contributed by atoms with van der Waals surface area (Å²) in [6.07, 6.45) is 5.17. The number of hydrogen-bond acceptors (Lipinski definition) is 10. The predicted octanol–water partition coefficient (Wildman–Crippen LogP) is 3.44. The highest BCUT2D eigenvalue weighted by molar-refractivity contribution is 5.99. The quantitative estimate of drug-likeness (QED) is 0.293. The van der Waals surface area contributed by atoms with Gasteiger partial charge in [0.2, 0.25) is 0 Å². The van der Waals surface area contributed by atoms with Crippen LogP contribution in [-0.4, -0.2) is 87.5 Å². The largest absolute Gasteiger partial charge is 0.462 e. The summed E-state index contributed by atoms with van der Waals surface area (Å²) in [6.45, 7) is 5.52. The number of carbonyl (C=O) groups is 3. The Morgan fingerprint density at radius 3 is 2.52 bits per heavy atom. The van der Waals surface area contributed by atoms with Crippen LogP contribution in [0.5, 0.6) is 0 Å². The summed E-state index contributed by atoms with van der Waals surface area (Å²) in [7, 11) is 5.11. The lowest BCUT2D eigenvalue weighted by Gasteiger charge is -2.59. The predicted molar refractivity (Wildman–Crippen MR) is 161 cm³/mol. The molecule has 2 N–H and O–H groups in total. The molecule has 4 fully saturated rings. The van der Waals surface area contributed by atoms with Crippen LogP contribution >= 0.6 is 0 Å². The molecule has 0 amide bonds. The van der Waals surface area contributed by atoms with Crippen LogP contribution in [-0.2, 0) is 38.1 Å². The third kappa shape index (κ3) is 6.52. The zero-order valence-electron chi connectivity index (χ0n) is 27.2. The van der Waals surface area contributed by atoms with E-state index in [4.69, 9.17) is 23.7 Å². The lowest BCUT2D eigenvalue weighted by molar-refractivity contribution is -0.204. The van der Waals surface area contributed by atoms with E-state index in [2.05, 4.69) is 11.4 Å². The van der Waals surface area contributed by atoms with Gasteiger partial charge in [0, 0.05) is 33.1 Å². The summed E-state index contributed by atoms with van der Waals surface area (Å²) in [4.78, 5) is 39.8. The van der Waals surface area contributed by atoms with Gasteiger partial charge in [-0.2, -0.15) is 0 Å². The van der Waals surface area contributed by atoms with Gasteiger partial charge < -0.3 is 34.1 Å². The number of cyclic esters (lactones) is 1. The number of esters is 2. The van der Waals surface area contributed by atoms with E-state index in [0.29, 0.717) is 48.6 Å². The fourth-order valence-electron chi connectivity index (χ4n) is 9.57. The normalized spacial score (nSPS) is 41.8. The molecular formula is C34H53NO9. The maximum absolute atomic E-state index is 14.3. The third-order valence-electron chi connectivity index (χ3n) is 11.7. The molecule has 4 aliphatic carbocycles. The molecule has 5 rings (SSSR count). The summed E-state index contributed by atoms with van der Waals surface area (Å²) in [5, 5.41) is 14.3. The van der Waals surface area contributed by atoms with Crippen LogP contribution in [0.15, 0.2) is 11.6 Å². The van der Waals surface area contributed by atoms with Crippen molar-refractivity contribution >= 4 is 17.7 Å². The van der Waals surface area contributed by atoms with Crippen molar-refractivity contribution in [1.29, 1.82) is 0 Å². The molecule has 1 heterocycles. The highest BCUT2D eigenvalue weighted by atomic mass is 16.6. The molecule has 0 aromatic rings. The number of rotatable bonds is 9. The number of aliphatic hydroxyl groups is 1. The fraction of sp³-hybridized carbons (Fsp3) is 0.853. The summed E-state index contributed by atoms with van der Waals surface area (Å²) < 4.78 is 28.5. The Morgan fingerprint density at radius 1 is 1.11 bits per heavy atom. The van der Waals surface area contributed by atoms with E-state index in [1.54, 1.807) is 7.11 Å². The molecule has 1 saturated heterocycles. The summed E-state index contributed by atoms with van der Waals surface area (Å²) in [5.74, 6) is 0.324. The molecule has 0 bridgehead atoms. The number of aliphatic hydroxyl groups excluding tert-OH is 1. The number of ether oxygens (including phenoxy) is 5. The van der Waals surface area contributed by atoms with Gasteiger partial charge in [0.05, 0.1) is 25.0 Å². The first-order valence-electron chi connectivity index (χ1n) is 16.8. The average Bonchev–Trinajstić information content (AvgIpc) is 3.54. The van der Waals surface area contributed by atoms with Crippen LogP contribution in [0.3, 0.4) is 0 Å². The van der Waals surface area contributed by atoms with Crippen molar-refractivity contribution in [3.8, 4) is 0 Å². The maximum Gasteiger partial charge on any atom is 0.306 e. The Hall–Kier alpha value is -1.85. The minimum absolute atomic E-state index is 0.0202. The average molecular weight is 620 g/mol. The minimum atomic E-state index is -1.10. The first kappa shape index (κ1) is 33.5. The third-order valence-corrected chi connectivity index (χ3v) is 11.7. The Kier molecular flexibility index (Phi) is 10.9. The fourth-order valence-corrected chi connectivity index (χ4v) is 9.57. The van der Waals surface area contributed by atoms with E-state index in [0.717, 1.165) is 25.7 Å². The zero-order chi connectivity index (χ0) is 31.7. The molecule has 10 nitrogen and oxygen atoms in total. The number of ketones is 1. The van der Waals surface area contributed by atoms with Crippen LogP contribution in [0.4, 0.5) is 0 Å². The minimum Gasteiger partial charge on any atom is -0.462 e. The van der Waals surface area contributed by atoms with Gasteiger partial charge in [-0.25, -0.2) is 0 Å². The van der Waals surface area contributed by atoms with Crippen LogP contribution < -0.4 is 5.32 Å². The molecule has 4 unspecified atom stereocenters. The van der Waals surface area contributed by atoms with E-state index < -0.39 is 24.4 Å². The van der Waals surface area contributed by atoms with E-state index in [9.17, 15) is 19.5 Å². The van der Waals surface area contributed by atoms with Gasteiger partial charge in [0.25, 0.3) is 0 Å². The van der Waals surface area contributed by atoms with Crippen LogP contribution in [0, 0.1) is 47.3 Å². The monoisotopic (exact) mass is 619 g/mol. The number of allylic oxidation sites excluding steroid dienone is 2. The van der Waals surface area contributed by atoms with Crippen molar-refractivity contribution in [1.82, 2.24) is 5.32 Å². The topological polar surface area (TPSA) is 130 Å². The molecule has 0 aromatic heterocycles.